The van der Waals surface area contributed by atoms with E-state index in [1.807, 2.05) is 88.4 Å². The second-order valence-electron chi connectivity index (χ2n) is 10.9. The molecule has 1 saturated heterocycles. The van der Waals surface area contributed by atoms with Gasteiger partial charge >= 0.3 is 5.97 Å². The van der Waals surface area contributed by atoms with Crippen molar-refractivity contribution in [2.24, 2.45) is 5.16 Å². The number of hydrogen-bond donors (Lipinski definition) is 0. The summed E-state index contributed by atoms with van der Waals surface area (Å²) >= 11 is 1.55. The van der Waals surface area contributed by atoms with Crippen molar-refractivity contribution in [2.45, 2.75) is 75.1 Å². The zero-order valence-corrected chi connectivity index (χ0v) is 25.1. The number of nitrogens with zero attached hydrogens (tertiary/aromatic N) is 2. The molecule has 0 aromatic heterocycles. The molecule has 0 amide bonds. The molecule has 7 heteroatoms. The number of benzene rings is 3. The first-order valence-electron chi connectivity index (χ1n) is 14.3. The molecule has 41 heavy (non-hydrogen) atoms. The lowest BCUT2D eigenvalue weighted by Gasteiger charge is -2.31. The number of oxime groups is 1. The SMILES string of the molecule is CCCCC(=NOC(=O)C(C)(C)N1CCCC1)C(=O)c1ccc(Sc2ccc(C(=O)c3ccccc3C)cc2)cc1. The zero-order chi connectivity index (χ0) is 29.4. The maximum atomic E-state index is 13.3. The van der Waals surface area contributed by atoms with E-state index in [1.165, 1.54) is 0 Å². The number of hydrogen-bond acceptors (Lipinski definition) is 7. The maximum absolute atomic E-state index is 13.3. The molecular formula is C34H38N2O4S. The highest BCUT2D eigenvalue weighted by atomic mass is 32.2. The molecule has 1 heterocycles. The predicted octanol–water partition coefficient (Wildman–Crippen LogP) is 7.52. The van der Waals surface area contributed by atoms with Crippen LogP contribution in [-0.4, -0.2) is 46.8 Å². The van der Waals surface area contributed by atoms with Crippen LogP contribution >= 0.6 is 11.8 Å². The Labute approximate surface area is 247 Å². The molecule has 0 aliphatic carbocycles. The molecule has 0 radical (unpaired) electrons. The minimum atomic E-state index is -0.788. The summed E-state index contributed by atoms with van der Waals surface area (Å²) in [5.41, 5.74) is 2.28. The first-order chi connectivity index (χ1) is 19.7. The highest BCUT2D eigenvalue weighted by molar-refractivity contribution is 7.99. The average Bonchev–Trinajstić information content (AvgIpc) is 3.54. The van der Waals surface area contributed by atoms with Gasteiger partial charge in [-0.3, -0.25) is 14.5 Å². The van der Waals surface area contributed by atoms with Gasteiger partial charge in [-0.25, -0.2) is 4.79 Å². The van der Waals surface area contributed by atoms with Crippen LogP contribution in [0.15, 0.2) is 87.7 Å². The van der Waals surface area contributed by atoms with Gasteiger partial charge < -0.3 is 4.84 Å². The molecule has 3 aromatic carbocycles. The molecular weight excluding hydrogens is 532 g/mol. The molecule has 4 rings (SSSR count). The molecule has 0 atom stereocenters. The fraction of sp³-hybridized carbons (Fsp3) is 0.353. The molecule has 6 nitrogen and oxygen atoms in total. The molecule has 3 aromatic rings. The topological polar surface area (TPSA) is 76.0 Å². The number of carbonyl (C=O) groups is 3. The molecule has 0 bridgehead atoms. The van der Waals surface area contributed by atoms with E-state index in [0.717, 1.165) is 54.1 Å². The van der Waals surface area contributed by atoms with Crippen LogP contribution in [0, 0.1) is 6.92 Å². The normalized spacial score (nSPS) is 14.2. The lowest BCUT2D eigenvalue weighted by molar-refractivity contribution is -0.155. The second-order valence-corrected chi connectivity index (χ2v) is 12.0. The van der Waals surface area contributed by atoms with Gasteiger partial charge in [0.15, 0.2) is 5.78 Å². The van der Waals surface area contributed by atoms with Gasteiger partial charge in [-0.05, 0) is 114 Å². The highest BCUT2D eigenvalue weighted by Crippen LogP contribution is 2.29. The van der Waals surface area contributed by atoms with Crippen molar-refractivity contribution in [3.05, 3.63) is 95.1 Å². The summed E-state index contributed by atoms with van der Waals surface area (Å²) < 4.78 is 0. The van der Waals surface area contributed by atoms with E-state index in [-0.39, 0.29) is 17.3 Å². The number of ketones is 2. The van der Waals surface area contributed by atoms with Crippen molar-refractivity contribution in [3.8, 4) is 0 Å². The van der Waals surface area contributed by atoms with E-state index in [9.17, 15) is 14.4 Å². The van der Waals surface area contributed by atoms with E-state index >= 15 is 0 Å². The third-order valence-corrected chi connectivity index (χ3v) is 8.54. The Morgan fingerprint density at radius 3 is 2.05 bits per heavy atom. The quantitative estimate of drug-likeness (QED) is 0.0970. The van der Waals surface area contributed by atoms with E-state index in [1.54, 1.807) is 23.9 Å². The lowest BCUT2D eigenvalue weighted by Crippen LogP contribution is -2.49. The fourth-order valence-corrected chi connectivity index (χ4v) is 5.61. The van der Waals surface area contributed by atoms with Crippen molar-refractivity contribution in [1.82, 2.24) is 4.90 Å². The van der Waals surface area contributed by atoms with Gasteiger partial charge in [-0.2, -0.15) is 0 Å². The van der Waals surface area contributed by atoms with E-state index in [4.69, 9.17) is 4.84 Å². The first-order valence-corrected chi connectivity index (χ1v) is 15.1. The number of likely N-dealkylation sites (tertiary alicyclic amines) is 1. The van der Waals surface area contributed by atoms with Gasteiger partial charge in [0.25, 0.3) is 0 Å². The average molecular weight is 571 g/mol. The van der Waals surface area contributed by atoms with Crippen LogP contribution in [0.1, 0.15) is 84.7 Å². The molecule has 1 aliphatic heterocycles. The van der Waals surface area contributed by atoms with Gasteiger partial charge in [-0.1, -0.05) is 54.5 Å². The maximum Gasteiger partial charge on any atom is 0.354 e. The van der Waals surface area contributed by atoms with Gasteiger partial charge in [0, 0.05) is 26.5 Å². The van der Waals surface area contributed by atoms with Gasteiger partial charge in [0.2, 0.25) is 5.78 Å². The van der Waals surface area contributed by atoms with Crippen molar-refractivity contribution in [3.63, 3.8) is 0 Å². The molecule has 1 fully saturated rings. The Bertz CT molecular complexity index is 1410. The van der Waals surface area contributed by atoms with E-state index < -0.39 is 11.5 Å². The Morgan fingerprint density at radius 1 is 0.878 bits per heavy atom. The van der Waals surface area contributed by atoms with Crippen molar-refractivity contribution in [1.29, 1.82) is 0 Å². The third-order valence-electron chi connectivity index (χ3n) is 7.52. The second kappa shape index (κ2) is 13.9. The van der Waals surface area contributed by atoms with Crippen LogP contribution in [0.2, 0.25) is 0 Å². The number of carbonyl (C=O) groups excluding carboxylic acids is 3. The molecule has 1 aliphatic rings. The highest BCUT2D eigenvalue weighted by Gasteiger charge is 2.38. The van der Waals surface area contributed by atoms with Crippen LogP contribution in [0.5, 0.6) is 0 Å². The van der Waals surface area contributed by atoms with Gasteiger partial charge in [0.1, 0.15) is 11.3 Å². The molecule has 0 unspecified atom stereocenters. The predicted molar refractivity (Wildman–Crippen MR) is 164 cm³/mol. The van der Waals surface area contributed by atoms with E-state index in [0.29, 0.717) is 23.1 Å². The van der Waals surface area contributed by atoms with Crippen LogP contribution < -0.4 is 0 Å². The number of aryl methyl sites for hydroxylation is 1. The van der Waals surface area contributed by atoms with Crippen LogP contribution in [0.4, 0.5) is 0 Å². The number of Topliss-reactive ketones (excluding diaryl/α,β-unsaturated/α-hetero) is 1. The molecule has 0 spiro atoms. The number of rotatable bonds is 12. The molecule has 0 N–H and O–H groups in total. The molecule has 214 valence electrons. The summed E-state index contributed by atoms with van der Waals surface area (Å²) in [7, 11) is 0. The summed E-state index contributed by atoms with van der Waals surface area (Å²) in [5, 5.41) is 4.07. The van der Waals surface area contributed by atoms with Crippen LogP contribution in [-0.2, 0) is 9.63 Å². The van der Waals surface area contributed by atoms with Crippen molar-refractivity contribution < 1.29 is 19.2 Å². The summed E-state index contributed by atoms with van der Waals surface area (Å²) in [6, 6.07) is 22.5. The van der Waals surface area contributed by atoms with Crippen LogP contribution in [0.3, 0.4) is 0 Å². The van der Waals surface area contributed by atoms with E-state index in [2.05, 4.69) is 10.1 Å². The summed E-state index contributed by atoms with van der Waals surface area (Å²) in [5.74, 6) is -0.672. The van der Waals surface area contributed by atoms with Gasteiger partial charge in [0.05, 0.1) is 0 Å². The monoisotopic (exact) mass is 570 g/mol. The molecule has 0 saturated carbocycles. The third kappa shape index (κ3) is 7.60. The van der Waals surface area contributed by atoms with Crippen molar-refractivity contribution in [2.75, 3.05) is 13.1 Å². The number of unbranched alkanes of at least 4 members (excludes halogenated alkanes) is 1. The zero-order valence-electron chi connectivity index (χ0n) is 24.3. The minimum Gasteiger partial charge on any atom is -0.316 e. The fourth-order valence-electron chi connectivity index (χ4n) is 4.79. The lowest BCUT2D eigenvalue weighted by atomic mass is 9.99. The Balaban J connectivity index is 1.41. The van der Waals surface area contributed by atoms with Gasteiger partial charge in [-0.15, -0.1) is 0 Å². The summed E-state index contributed by atoms with van der Waals surface area (Å²) in [4.78, 5) is 48.4. The Kier molecular flexibility index (Phi) is 10.3. The summed E-state index contributed by atoms with van der Waals surface area (Å²) in [6.07, 6.45) is 4.23. The van der Waals surface area contributed by atoms with Crippen LogP contribution in [0.25, 0.3) is 0 Å². The minimum absolute atomic E-state index is 0.00773. The Morgan fingerprint density at radius 2 is 1.46 bits per heavy atom. The largest absolute Gasteiger partial charge is 0.354 e. The first kappa shape index (κ1) is 30.4. The van der Waals surface area contributed by atoms with Crippen molar-refractivity contribution >= 4 is 35.0 Å². The smallest absolute Gasteiger partial charge is 0.316 e. The Hall–Kier alpha value is -3.55. The summed E-state index contributed by atoms with van der Waals surface area (Å²) in [6.45, 7) is 9.38. The standard InChI is InChI=1S/C34H38N2O4S/c1-5-6-13-30(35-40-33(39)34(3,4)36-22-9-10-23-36)32(38)26-16-20-28(21-17-26)41-27-18-14-25(15-19-27)31(37)29-12-8-7-11-24(29)2/h7-8,11-12,14-21H,5-6,9-10,13,22-23H2,1-4H3.